The van der Waals surface area contributed by atoms with Crippen LogP contribution < -0.4 is 16.0 Å². The fourth-order valence-corrected chi connectivity index (χ4v) is 3.23. The lowest BCUT2D eigenvalue weighted by atomic mass is 10.1. The SMILES string of the molecule is C[C@H](N)C(=O)NC1N=C(c2cccs2)c2ccccc2N(C)C1=O. The lowest BCUT2D eigenvalue weighted by Gasteiger charge is -2.21. The van der Waals surface area contributed by atoms with Gasteiger partial charge in [-0.2, -0.15) is 0 Å². The number of hydrogen-bond acceptors (Lipinski definition) is 5. The van der Waals surface area contributed by atoms with Crippen molar-refractivity contribution in [3.8, 4) is 0 Å². The van der Waals surface area contributed by atoms with E-state index >= 15 is 0 Å². The molecule has 0 fully saturated rings. The van der Waals surface area contributed by atoms with Gasteiger partial charge in [0.15, 0.2) is 0 Å². The zero-order valence-corrected chi connectivity index (χ0v) is 14.2. The van der Waals surface area contributed by atoms with Crippen LogP contribution in [0.15, 0.2) is 46.8 Å². The van der Waals surface area contributed by atoms with Crippen molar-refractivity contribution in [2.75, 3.05) is 11.9 Å². The average molecular weight is 342 g/mol. The number of likely N-dealkylation sites (N-methyl/N-ethyl adjacent to an activating group) is 1. The zero-order chi connectivity index (χ0) is 17.3. The maximum atomic E-state index is 12.7. The molecule has 0 saturated carbocycles. The molecule has 3 N–H and O–H groups in total. The second-order valence-electron chi connectivity index (χ2n) is 5.57. The molecule has 1 aliphatic heterocycles. The van der Waals surface area contributed by atoms with E-state index in [0.29, 0.717) is 5.71 Å². The molecule has 2 heterocycles. The van der Waals surface area contributed by atoms with Crippen molar-refractivity contribution in [3.63, 3.8) is 0 Å². The number of benzene rings is 1. The largest absolute Gasteiger partial charge is 0.325 e. The Morgan fingerprint density at radius 1 is 1.33 bits per heavy atom. The van der Waals surface area contributed by atoms with Gasteiger partial charge in [-0.25, -0.2) is 4.99 Å². The topological polar surface area (TPSA) is 87.8 Å². The van der Waals surface area contributed by atoms with Crippen LogP contribution in [0.25, 0.3) is 0 Å². The van der Waals surface area contributed by atoms with Crippen molar-refractivity contribution in [1.29, 1.82) is 0 Å². The van der Waals surface area contributed by atoms with Gasteiger partial charge in [-0.15, -0.1) is 11.3 Å². The van der Waals surface area contributed by atoms with Crippen LogP contribution in [0.1, 0.15) is 17.4 Å². The summed E-state index contributed by atoms with van der Waals surface area (Å²) in [6.07, 6.45) is -1.00. The average Bonchev–Trinajstić information content (AvgIpc) is 3.08. The van der Waals surface area contributed by atoms with Gasteiger partial charge in [0.25, 0.3) is 5.91 Å². The van der Waals surface area contributed by atoms with Gasteiger partial charge in [-0.1, -0.05) is 24.3 Å². The zero-order valence-electron chi connectivity index (χ0n) is 13.4. The summed E-state index contributed by atoms with van der Waals surface area (Å²) < 4.78 is 0. The van der Waals surface area contributed by atoms with Crippen LogP contribution >= 0.6 is 11.3 Å². The first-order valence-corrected chi connectivity index (χ1v) is 8.41. The number of carbonyl (C=O) groups is 2. The minimum absolute atomic E-state index is 0.303. The highest BCUT2D eigenvalue weighted by atomic mass is 32.1. The fourth-order valence-electron chi connectivity index (χ4n) is 2.49. The van der Waals surface area contributed by atoms with E-state index in [1.54, 1.807) is 14.0 Å². The second kappa shape index (κ2) is 6.54. The Morgan fingerprint density at radius 2 is 2.08 bits per heavy atom. The fraction of sp³-hybridized carbons (Fsp3) is 0.235. The Balaban J connectivity index is 2.12. The number of thiophene rings is 1. The molecule has 1 aromatic carbocycles. The molecule has 0 spiro atoms. The Labute approximate surface area is 144 Å². The highest BCUT2D eigenvalue weighted by Gasteiger charge is 2.31. The van der Waals surface area contributed by atoms with Gasteiger partial charge in [0, 0.05) is 12.6 Å². The summed E-state index contributed by atoms with van der Waals surface area (Å²) in [4.78, 5) is 31.7. The molecule has 0 saturated heterocycles. The Kier molecular flexibility index (Phi) is 4.46. The maximum absolute atomic E-state index is 12.7. The third-order valence-electron chi connectivity index (χ3n) is 3.79. The number of fused-ring (bicyclic) bond motifs is 1. The molecular weight excluding hydrogens is 324 g/mol. The van der Waals surface area contributed by atoms with Crippen molar-refractivity contribution in [2.45, 2.75) is 19.1 Å². The molecule has 24 heavy (non-hydrogen) atoms. The molecule has 1 aromatic heterocycles. The Bertz CT molecular complexity index is 799. The number of benzodiazepines with no additional fused rings is 1. The van der Waals surface area contributed by atoms with Crippen LogP contribution in [0.3, 0.4) is 0 Å². The number of nitrogens with two attached hydrogens (primary N) is 1. The molecule has 124 valence electrons. The van der Waals surface area contributed by atoms with Gasteiger partial charge in [-0.05, 0) is 24.4 Å². The van der Waals surface area contributed by atoms with Crippen molar-refractivity contribution >= 4 is 34.6 Å². The van der Waals surface area contributed by atoms with Crippen LogP contribution in [-0.4, -0.2) is 36.8 Å². The molecule has 2 aromatic rings. The summed E-state index contributed by atoms with van der Waals surface area (Å²) in [5, 5.41) is 4.58. The predicted molar refractivity (Wildman–Crippen MR) is 95.4 cm³/mol. The number of rotatable bonds is 3. The van der Waals surface area contributed by atoms with E-state index in [1.807, 2.05) is 41.8 Å². The van der Waals surface area contributed by atoms with E-state index in [1.165, 1.54) is 16.2 Å². The highest BCUT2D eigenvalue weighted by Crippen LogP contribution is 2.28. The maximum Gasteiger partial charge on any atom is 0.272 e. The van der Waals surface area contributed by atoms with Gasteiger partial charge >= 0.3 is 0 Å². The molecule has 1 unspecified atom stereocenters. The van der Waals surface area contributed by atoms with Crippen LogP contribution in [0.4, 0.5) is 5.69 Å². The summed E-state index contributed by atoms with van der Waals surface area (Å²) in [7, 11) is 1.68. The minimum atomic E-state index is -1.00. The first-order chi connectivity index (χ1) is 11.5. The van der Waals surface area contributed by atoms with Gasteiger partial charge in [-0.3, -0.25) is 9.59 Å². The van der Waals surface area contributed by atoms with Crippen molar-refractivity contribution in [3.05, 3.63) is 52.2 Å². The smallest absolute Gasteiger partial charge is 0.272 e. The van der Waals surface area contributed by atoms with E-state index in [4.69, 9.17) is 5.73 Å². The number of para-hydroxylation sites is 1. The first-order valence-electron chi connectivity index (χ1n) is 7.53. The molecule has 2 amide bonds. The lowest BCUT2D eigenvalue weighted by molar-refractivity contribution is -0.127. The molecule has 3 rings (SSSR count). The molecule has 6 nitrogen and oxygen atoms in total. The lowest BCUT2D eigenvalue weighted by Crippen LogP contribution is -2.50. The van der Waals surface area contributed by atoms with E-state index in [-0.39, 0.29) is 5.91 Å². The van der Waals surface area contributed by atoms with Crippen molar-refractivity contribution < 1.29 is 9.59 Å². The van der Waals surface area contributed by atoms with Crippen molar-refractivity contribution in [1.82, 2.24) is 5.32 Å². The predicted octanol–water partition coefficient (Wildman–Crippen LogP) is 1.35. The molecule has 7 heteroatoms. The molecule has 0 aliphatic carbocycles. The van der Waals surface area contributed by atoms with Crippen LogP contribution in [-0.2, 0) is 9.59 Å². The summed E-state index contributed by atoms with van der Waals surface area (Å²) in [5.74, 6) is -0.718. The number of nitrogens with one attached hydrogen (secondary N) is 1. The van der Waals surface area contributed by atoms with Gasteiger partial charge in [0.05, 0.1) is 22.3 Å². The van der Waals surface area contributed by atoms with Crippen LogP contribution in [0.5, 0.6) is 0 Å². The minimum Gasteiger partial charge on any atom is -0.325 e. The molecule has 1 aliphatic rings. The molecule has 0 bridgehead atoms. The van der Waals surface area contributed by atoms with E-state index in [9.17, 15) is 9.59 Å². The van der Waals surface area contributed by atoms with Crippen molar-refractivity contribution in [2.24, 2.45) is 10.7 Å². The van der Waals surface area contributed by atoms with E-state index in [0.717, 1.165) is 16.1 Å². The summed E-state index contributed by atoms with van der Waals surface area (Å²) in [6, 6.07) is 10.7. The monoisotopic (exact) mass is 342 g/mol. The number of carbonyl (C=O) groups excluding carboxylic acids is 2. The van der Waals surface area contributed by atoms with E-state index < -0.39 is 18.1 Å². The van der Waals surface area contributed by atoms with Gasteiger partial charge in [0.1, 0.15) is 0 Å². The quantitative estimate of drug-likeness (QED) is 0.882. The van der Waals surface area contributed by atoms with Crippen LogP contribution in [0, 0.1) is 0 Å². The van der Waals surface area contributed by atoms with Gasteiger partial charge in [0.2, 0.25) is 12.1 Å². The number of amides is 2. The summed E-state index contributed by atoms with van der Waals surface area (Å²) in [5.41, 5.74) is 7.90. The third-order valence-corrected chi connectivity index (χ3v) is 4.67. The normalized spacial score (nSPS) is 18.5. The number of nitrogens with zero attached hydrogens (tertiary/aromatic N) is 2. The number of hydrogen-bond donors (Lipinski definition) is 2. The highest BCUT2D eigenvalue weighted by molar-refractivity contribution is 7.12. The third kappa shape index (κ3) is 2.95. The summed E-state index contributed by atoms with van der Waals surface area (Å²) in [6.45, 7) is 1.57. The number of anilines is 1. The molecule has 0 radical (unpaired) electrons. The Morgan fingerprint density at radius 3 is 2.75 bits per heavy atom. The number of aliphatic imine (C=N–C) groups is 1. The van der Waals surface area contributed by atoms with E-state index in [2.05, 4.69) is 10.3 Å². The standard InChI is InChI=1S/C17H18N4O2S/c1-10(18)16(22)20-15-17(23)21(2)12-7-4-3-6-11(12)14(19-15)13-8-5-9-24-13/h3-10,15H,18H2,1-2H3,(H,20,22)/t10-,15?/m0/s1. The molecular formula is C17H18N4O2S. The van der Waals surface area contributed by atoms with Gasteiger partial charge < -0.3 is 16.0 Å². The second-order valence-corrected chi connectivity index (χ2v) is 6.52. The van der Waals surface area contributed by atoms with Crippen LogP contribution in [0.2, 0.25) is 0 Å². The summed E-state index contributed by atoms with van der Waals surface area (Å²) >= 11 is 1.53. The Hall–Kier alpha value is -2.51. The molecule has 2 atom stereocenters. The first kappa shape index (κ1) is 16.4.